The molecule has 1 aromatic rings. The number of hydrogen-bond donors (Lipinski definition) is 0. The van der Waals surface area contributed by atoms with Crippen molar-refractivity contribution in [2.75, 3.05) is 0 Å². The van der Waals surface area contributed by atoms with Gasteiger partial charge in [-0.15, -0.1) is 0 Å². The first kappa shape index (κ1) is 18.1. The third-order valence-electron chi connectivity index (χ3n) is 5.66. The fourth-order valence-electron chi connectivity index (χ4n) is 3.95. The molecule has 3 atom stereocenters. The van der Waals surface area contributed by atoms with Crippen LogP contribution in [0.5, 0.6) is 5.75 Å². The van der Waals surface area contributed by atoms with Gasteiger partial charge in [0.15, 0.2) is 5.78 Å². The minimum absolute atomic E-state index is 0.0475. The molecule has 2 aliphatic carbocycles. The van der Waals surface area contributed by atoms with E-state index in [1.54, 1.807) is 12.1 Å². The summed E-state index contributed by atoms with van der Waals surface area (Å²) in [6, 6.07) is 7.18. The van der Waals surface area contributed by atoms with E-state index in [2.05, 4.69) is 29.4 Å². The van der Waals surface area contributed by atoms with Gasteiger partial charge in [0.05, 0.1) is 0 Å². The third kappa shape index (κ3) is 3.79. The molecule has 4 heteroatoms. The Bertz CT molecular complexity index is 745. The zero-order chi connectivity index (χ0) is 18.1. The van der Waals surface area contributed by atoms with Gasteiger partial charge in [-0.3, -0.25) is 4.79 Å². The van der Waals surface area contributed by atoms with Crippen molar-refractivity contribution in [2.24, 2.45) is 17.8 Å². The monoisotopic (exact) mass is 402 g/mol. The molecule has 0 saturated heterocycles. The molecule has 132 valence electrons. The second-order valence-corrected chi connectivity index (χ2v) is 8.12. The molecule has 1 aromatic carbocycles. The Morgan fingerprint density at radius 1 is 1.20 bits per heavy atom. The number of carbonyl (C=O) groups excluding carboxylic acids is 2. The third-order valence-corrected chi connectivity index (χ3v) is 6.18. The summed E-state index contributed by atoms with van der Waals surface area (Å²) in [4.78, 5) is 24.6. The maximum absolute atomic E-state index is 12.5. The molecule has 1 fully saturated rings. The molecule has 0 radical (unpaired) electrons. The normalized spacial score (nSPS) is 26.2. The number of carbonyl (C=O) groups is 2. The van der Waals surface area contributed by atoms with Gasteiger partial charge in [-0.25, -0.2) is 4.79 Å². The number of hydrogen-bond acceptors (Lipinski definition) is 3. The molecule has 3 rings (SSSR count). The summed E-state index contributed by atoms with van der Waals surface area (Å²) in [5.74, 6) is 1.26. The first-order valence-corrected chi connectivity index (χ1v) is 9.55. The van der Waals surface area contributed by atoms with Crippen LogP contribution in [-0.2, 0) is 9.59 Å². The van der Waals surface area contributed by atoms with Crippen LogP contribution < -0.4 is 4.74 Å². The molecular weight excluding hydrogens is 380 g/mol. The molecule has 0 heterocycles. The standard InChI is InChI=1S/C21H23BrO3/c1-12-4-5-15(10-19-14(3)20(23)11-18(12)19)13(2)21(24)25-17-8-6-16(22)7-9-17/h6-9,12,15,18H,2,4-5,10-11H2,1,3H3/t12?,15-,18-/m0/s1. The van der Waals surface area contributed by atoms with Crippen LogP contribution in [0.4, 0.5) is 0 Å². The number of allylic oxidation sites excluding steroid dienone is 2. The number of rotatable bonds is 3. The molecular formula is C21H23BrO3. The Morgan fingerprint density at radius 2 is 1.88 bits per heavy atom. The van der Waals surface area contributed by atoms with E-state index in [-0.39, 0.29) is 17.7 Å². The highest BCUT2D eigenvalue weighted by Crippen LogP contribution is 2.45. The van der Waals surface area contributed by atoms with Crippen LogP contribution in [0, 0.1) is 17.8 Å². The van der Waals surface area contributed by atoms with Gasteiger partial charge < -0.3 is 4.74 Å². The Morgan fingerprint density at radius 3 is 2.56 bits per heavy atom. The van der Waals surface area contributed by atoms with E-state index in [0.29, 0.717) is 29.6 Å². The number of halogens is 1. The summed E-state index contributed by atoms with van der Waals surface area (Å²) in [5, 5.41) is 0. The highest BCUT2D eigenvalue weighted by molar-refractivity contribution is 9.10. The van der Waals surface area contributed by atoms with Crippen molar-refractivity contribution in [1.29, 1.82) is 0 Å². The van der Waals surface area contributed by atoms with E-state index >= 15 is 0 Å². The Kier molecular flexibility index (Phi) is 5.28. The average molecular weight is 403 g/mol. The van der Waals surface area contributed by atoms with Crippen LogP contribution in [0.3, 0.4) is 0 Å². The SMILES string of the molecule is C=C(C(=O)Oc1ccc(Br)cc1)[C@H]1CCC(C)[C@@H]2CC(=O)C(C)=C2C1. The number of fused-ring (bicyclic) bond motifs is 1. The van der Waals surface area contributed by atoms with Crippen LogP contribution in [0.25, 0.3) is 0 Å². The summed E-state index contributed by atoms with van der Waals surface area (Å²) < 4.78 is 6.40. The smallest absolute Gasteiger partial charge is 0.339 e. The predicted molar refractivity (Wildman–Crippen MR) is 101 cm³/mol. The van der Waals surface area contributed by atoms with E-state index in [9.17, 15) is 9.59 Å². The van der Waals surface area contributed by atoms with Gasteiger partial charge in [0, 0.05) is 16.5 Å². The fourth-order valence-corrected chi connectivity index (χ4v) is 4.22. The van der Waals surface area contributed by atoms with Gasteiger partial charge in [0.25, 0.3) is 0 Å². The summed E-state index contributed by atoms with van der Waals surface area (Å²) in [7, 11) is 0. The van der Waals surface area contributed by atoms with Crippen molar-refractivity contribution >= 4 is 27.7 Å². The number of benzene rings is 1. The lowest BCUT2D eigenvalue weighted by Gasteiger charge is -2.19. The average Bonchev–Trinajstić information content (AvgIpc) is 2.77. The van der Waals surface area contributed by atoms with Gasteiger partial charge in [0.1, 0.15) is 5.75 Å². The molecule has 0 bridgehead atoms. The zero-order valence-electron chi connectivity index (χ0n) is 14.7. The summed E-state index contributed by atoms with van der Waals surface area (Å²) in [6.45, 7) is 8.16. The van der Waals surface area contributed by atoms with Crippen molar-refractivity contribution in [1.82, 2.24) is 0 Å². The molecule has 0 spiro atoms. The summed E-state index contributed by atoms with van der Waals surface area (Å²) in [5.41, 5.74) is 2.64. The second-order valence-electron chi connectivity index (χ2n) is 7.21. The number of Topliss-reactive ketones (excluding diaryl/α,β-unsaturated/α-hetero) is 1. The molecule has 25 heavy (non-hydrogen) atoms. The molecule has 0 amide bonds. The second kappa shape index (κ2) is 7.28. The van der Waals surface area contributed by atoms with Gasteiger partial charge in [-0.2, -0.15) is 0 Å². The van der Waals surface area contributed by atoms with Gasteiger partial charge in [-0.05, 0) is 73.8 Å². The molecule has 0 aromatic heterocycles. The van der Waals surface area contributed by atoms with Crippen LogP contribution in [0.2, 0.25) is 0 Å². The number of esters is 1. The van der Waals surface area contributed by atoms with Crippen molar-refractivity contribution in [2.45, 2.75) is 39.5 Å². The van der Waals surface area contributed by atoms with Crippen LogP contribution in [-0.4, -0.2) is 11.8 Å². The van der Waals surface area contributed by atoms with E-state index in [1.807, 2.05) is 19.1 Å². The van der Waals surface area contributed by atoms with Gasteiger partial charge in [0.2, 0.25) is 0 Å². The van der Waals surface area contributed by atoms with Crippen molar-refractivity contribution in [3.05, 3.63) is 52.0 Å². The van der Waals surface area contributed by atoms with Crippen molar-refractivity contribution in [3.63, 3.8) is 0 Å². The van der Waals surface area contributed by atoms with Crippen LogP contribution in [0.15, 0.2) is 52.0 Å². The molecule has 0 aliphatic heterocycles. The minimum atomic E-state index is -0.374. The van der Waals surface area contributed by atoms with E-state index in [1.165, 1.54) is 5.57 Å². The molecule has 1 unspecified atom stereocenters. The van der Waals surface area contributed by atoms with Crippen LogP contribution >= 0.6 is 15.9 Å². The Balaban J connectivity index is 1.74. The van der Waals surface area contributed by atoms with E-state index in [0.717, 1.165) is 29.3 Å². The zero-order valence-corrected chi connectivity index (χ0v) is 16.3. The number of ether oxygens (including phenoxy) is 1. The lowest BCUT2D eigenvalue weighted by molar-refractivity contribution is -0.130. The molecule has 3 nitrogen and oxygen atoms in total. The highest BCUT2D eigenvalue weighted by atomic mass is 79.9. The predicted octanol–water partition coefficient (Wildman–Crippen LogP) is 5.25. The highest BCUT2D eigenvalue weighted by Gasteiger charge is 2.38. The Hall–Kier alpha value is -1.68. The van der Waals surface area contributed by atoms with E-state index < -0.39 is 0 Å². The summed E-state index contributed by atoms with van der Waals surface area (Å²) in [6.07, 6.45) is 3.30. The maximum Gasteiger partial charge on any atom is 0.339 e. The Labute approximate surface area is 157 Å². The van der Waals surface area contributed by atoms with Crippen molar-refractivity contribution < 1.29 is 14.3 Å². The van der Waals surface area contributed by atoms with Crippen LogP contribution in [0.1, 0.15) is 39.5 Å². The van der Waals surface area contributed by atoms with Gasteiger partial charge >= 0.3 is 5.97 Å². The first-order chi connectivity index (χ1) is 11.9. The lowest BCUT2D eigenvalue weighted by Crippen LogP contribution is -2.18. The van der Waals surface area contributed by atoms with Crippen molar-refractivity contribution in [3.8, 4) is 5.75 Å². The number of ketones is 1. The molecule has 0 N–H and O–H groups in total. The quantitative estimate of drug-likeness (QED) is 0.393. The first-order valence-electron chi connectivity index (χ1n) is 8.76. The fraction of sp³-hybridized carbons (Fsp3) is 0.429. The maximum atomic E-state index is 12.5. The lowest BCUT2D eigenvalue weighted by atomic mass is 9.86. The molecule has 2 aliphatic rings. The molecule has 1 saturated carbocycles. The minimum Gasteiger partial charge on any atom is -0.423 e. The van der Waals surface area contributed by atoms with E-state index in [4.69, 9.17) is 4.74 Å². The topological polar surface area (TPSA) is 43.4 Å². The largest absolute Gasteiger partial charge is 0.423 e. The summed E-state index contributed by atoms with van der Waals surface area (Å²) >= 11 is 3.36. The van der Waals surface area contributed by atoms with Gasteiger partial charge in [-0.1, -0.05) is 35.0 Å².